The maximum Gasteiger partial charge on any atom is 0.343 e. The molecule has 0 radical (unpaired) electrons. The number of ether oxygens (including phenoxy) is 1. The van der Waals surface area contributed by atoms with E-state index in [1.165, 1.54) is 22.9 Å². The molecule has 2 heterocycles. The quantitative estimate of drug-likeness (QED) is 0.692. The highest BCUT2D eigenvalue weighted by atomic mass is 16.5. The summed E-state index contributed by atoms with van der Waals surface area (Å²) in [6, 6.07) is 10.6. The van der Waals surface area contributed by atoms with Gasteiger partial charge in [0.2, 0.25) is 5.91 Å². The Balaban J connectivity index is 1.44. The number of piperidine rings is 1. The van der Waals surface area contributed by atoms with Crippen LogP contribution in [0, 0.1) is 5.92 Å². The average molecular weight is 399 g/mol. The summed E-state index contributed by atoms with van der Waals surface area (Å²) in [5, 5.41) is 6.88. The summed E-state index contributed by atoms with van der Waals surface area (Å²) >= 11 is 0. The number of carbonyl (C=O) groups excluding carboxylic acids is 2. The molecule has 0 spiro atoms. The second-order valence-corrected chi connectivity index (χ2v) is 7.54. The zero-order chi connectivity index (χ0) is 20.6. The van der Waals surface area contributed by atoms with Crippen LogP contribution in [0.15, 0.2) is 36.5 Å². The van der Waals surface area contributed by atoms with Crippen molar-refractivity contribution in [1.82, 2.24) is 14.7 Å². The Morgan fingerprint density at radius 2 is 1.93 bits per heavy atom. The molecule has 0 bridgehead atoms. The number of rotatable bonds is 8. The normalized spacial score (nSPS) is 15.2. The van der Waals surface area contributed by atoms with Gasteiger partial charge in [-0.2, -0.15) is 5.10 Å². The fourth-order valence-corrected chi connectivity index (χ4v) is 3.77. The minimum Gasteiger partial charge on any atom is -0.462 e. The van der Waals surface area contributed by atoms with E-state index in [-0.39, 0.29) is 18.1 Å². The monoisotopic (exact) mass is 398 g/mol. The summed E-state index contributed by atoms with van der Waals surface area (Å²) in [6.45, 7) is 4.18. The highest BCUT2D eigenvalue weighted by Gasteiger charge is 2.23. The van der Waals surface area contributed by atoms with Gasteiger partial charge in [0.1, 0.15) is 11.4 Å². The van der Waals surface area contributed by atoms with E-state index >= 15 is 0 Å². The van der Waals surface area contributed by atoms with E-state index in [4.69, 9.17) is 4.74 Å². The Labute approximate surface area is 172 Å². The van der Waals surface area contributed by atoms with Crippen LogP contribution < -0.4 is 5.32 Å². The first kappa shape index (κ1) is 21.0. The molecular formula is C22H30N4O3. The number of aryl methyl sites for hydroxylation is 2. The van der Waals surface area contributed by atoms with Gasteiger partial charge in [-0.3, -0.25) is 14.4 Å². The number of carbonyl (C=O) groups is 2. The van der Waals surface area contributed by atoms with Gasteiger partial charge in [-0.05, 0) is 57.2 Å². The molecule has 29 heavy (non-hydrogen) atoms. The summed E-state index contributed by atoms with van der Waals surface area (Å²) < 4.78 is 6.51. The van der Waals surface area contributed by atoms with Gasteiger partial charge >= 0.3 is 5.97 Å². The molecule has 0 saturated carbocycles. The second-order valence-electron chi connectivity index (χ2n) is 7.54. The van der Waals surface area contributed by atoms with Crippen LogP contribution in [-0.2, 0) is 23.0 Å². The van der Waals surface area contributed by atoms with Crippen molar-refractivity contribution in [2.75, 3.05) is 31.6 Å². The SMILES string of the molecule is CCOC(=O)c1cnn(C)c1NC(=O)CN1CCC(CCc2ccccc2)CC1. The highest BCUT2D eigenvalue weighted by molar-refractivity contribution is 6.00. The first-order chi connectivity index (χ1) is 14.1. The van der Waals surface area contributed by atoms with Crippen molar-refractivity contribution >= 4 is 17.7 Å². The third-order valence-electron chi connectivity index (χ3n) is 5.45. The standard InChI is InChI=1S/C22H30N4O3/c1-3-29-22(28)19-15-23-25(2)21(19)24-20(27)16-26-13-11-18(12-14-26)10-9-17-7-5-4-6-8-17/h4-8,15,18H,3,9-14,16H2,1-2H3,(H,24,27). The highest BCUT2D eigenvalue weighted by Crippen LogP contribution is 2.22. The van der Waals surface area contributed by atoms with E-state index < -0.39 is 5.97 Å². The summed E-state index contributed by atoms with van der Waals surface area (Å²) in [4.78, 5) is 26.7. The van der Waals surface area contributed by atoms with Crippen LogP contribution in [-0.4, -0.2) is 52.8 Å². The summed E-state index contributed by atoms with van der Waals surface area (Å²) in [5.74, 6) is 0.477. The van der Waals surface area contributed by atoms with Crippen molar-refractivity contribution in [2.45, 2.75) is 32.6 Å². The van der Waals surface area contributed by atoms with E-state index in [0.717, 1.165) is 32.4 Å². The Kier molecular flexibility index (Phi) is 7.41. The first-order valence-corrected chi connectivity index (χ1v) is 10.3. The maximum absolute atomic E-state index is 12.5. The van der Waals surface area contributed by atoms with Crippen LogP contribution in [0.2, 0.25) is 0 Å². The van der Waals surface area contributed by atoms with Crippen molar-refractivity contribution < 1.29 is 14.3 Å². The molecule has 1 amide bonds. The van der Waals surface area contributed by atoms with Gasteiger partial charge < -0.3 is 10.1 Å². The molecule has 0 unspecified atom stereocenters. The molecule has 7 nitrogen and oxygen atoms in total. The molecule has 2 aromatic rings. The molecule has 3 rings (SSSR count). The van der Waals surface area contributed by atoms with Crippen LogP contribution >= 0.6 is 0 Å². The molecule has 1 saturated heterocycles. The predicted molar refractivity (Wildman–Crippen MR) is 112 cm³/mol. The molecule has 1 aromatic heterocycles. The molecule has 1 fully saturated rings. The van der Waals surface area contributed by atoms with Crippen LogP contribution in [0.4, 0.5) is 5.82 Å². The van der Waals surface area contributed by atoms with Crippen LogP contribution in [0.3, 0.4) is 0 Å². The van der Waals surface area contributed by atoms with Gasteiger partial charge in [0.15, 0.2) is 0 Å². The molecule has 1 aliphatic rings. The number of nitrogens with one attached hydrogen (secondary N) is 1. The number of hydrogen-bond donors (Lipinski definition) is 1. The van der Waals surface area contributed by atoms with Crippen LogP contribution in [0.1, 0.15) is 42.1 Å². The maximum atomic E-state index is 12.5. The van der Waals surface area contributed by atoms with Gasteiger partial charge in [0.25, 0.3) is 0 Å². The minimum absolute atomic E-state index is 0.137. The van der Waals surface area contributed by atoms with Gasteiger partial charge in [0.05, 0.1) is 19.3 Å². The first-order valence-electron chi connectivity index (χ1n) is 10.3. The lowest BCUT2D eigenvalue weighted by molar-refractivity contribution is -0.117. The third-order valence-corrected chi connectivity index (χ3v) is 5.45. The smallest absolute Gasteiger partial charge is 0.343 e. The topological polar surface area (TPSA) is 76.5 Å². The number of nitrogens with zero attached hydrogens (tertiary/aromatic N) is 3. The number of aromatic nitrogens is 2. The molecule has 1 aromatic carbocycles. The lowest BCUT2D eigenvalue weighted by Gasteiger charge is -2.31. The van der Waals surface area contributed by atoms with Crippen LogP contribution in [0.5, 0.6) is 0 Å². The van der Waals surface area contributed by atoms with Gasteiger partial charge in [-0.15, -0.1) is 0 Å². The fourth-order valence-electron chi connectivity index (χ4n) is 3.77. The zero-order valence-corrected chi connectivity index (χ0v) is 17.3. The Morgan fingerprint density at radius 3 is 2.62 bits per heavy atom. The van der Waals surface area contributed by atoms with Crippen molar-refractivity contribution in [3.8, 4) is 0 Å². The van der Waals surface area contributed by atoms with Crippen molar-refractivity contribution in [1.29, 1.82) is 0 Å². The van der Waals surface area contributed by atoms with E-state index in [0.29, 0.717) is 18.3 Å². The molecule has 156 valence electrons. The number of amides is 1. The second kappa shape index (κ2) is 10.2. The van der Waals surface area contributed by atoms with Gasteiger partial charge in [0, 0.05) is 7.05 Å². The average Bonchev–Trinajstić information content (AvgIpc) is 3.09. The Morgan fingerprint density at radius 1 is 1.21 bits per heavy atom. The summed E-state index contributed by atoms with van der Waals surface area (Å²) in [5.41, 5.74) is 1.67. The lowest BCUT2D eigenvalue weighted by Crippen LogP contribution is -2.39. The summed E-state index contributed by atoms with van der Waals surface area (Å²) in [6.07, 6.45) is 5.96. The number of benzene rings is 1. The van der Waals surface area contributed by atoms with E-state index in [9.17, 15) is 9.59 Å². The number of likely N-dealkylation sites (tertiary alicyclic amines) is 1. The minimum atomic E-state index is -0.477. The van der Waals surface area contributed by atoms with E-state index in [1.54, 1.807) is 14.0 Å². The molecule has 1 N–H and O–H groups in total. The van der Waals surface area contributed by atoms with Crippen molar-refractivity contribution in [2.24, 2.45) is 13.0 Å². The fraction of sp³-hybridized carbons (Fsp3) is 0.500. The summed E-state index contributed by atoms with van der Waals surface area (Å²) in [7, 11) is 1.69. The third kappa shape index (κ3) is 5.90. The number of anilines is 1. The predicted octanol–water partition coefficient (Wildman–Crippen LogP) is 2.88. The van der Waals surface area contributed by atoms with Crippen molar-refractivity contribution in [3.05, 3.63) is 47.7 Å². The van der Waals surface area contributed by atoms with Crippen molar-refractivity contribution in [3.63, 3.8) is 0 Å². The molecular weight excluding hydrogens is 368 g/mol. The Hall–Kier alpha value is -2.67. The molecule has 0 aliphatic carbocycles. The largest absolute Gasteiger partial charge is 0.462 e. The van der Waals surface area contributed by atoms with E-state index in [1.807, 2.05) is 6.07 Å². The van der Waals surface area contributed by atoms with Crippen LogP contribution in [0.25, 0.3) is 0 Å². The van der Waals surface area contributed by atoms with Gasteiger partial charge in [-0.1, -0.05) is 30.3 Å². The molecule has 7 heteroatoms. The van der Waals surface area contributed by atoms with E-state index in [2.05, 4.69) is 39.6 Å². The number of esters is 1. The lowest BCUT2D eigenvalue weighted by atomic mass is 9.90. The molecule has 0 atom stereocenters. The van der Waals surface area contributed by atoms with Gasteiger partial charge in [-0.25, -0.2) is 4.79 Å². The zero-order valence-electron chi connectivity index (χ0n) is 17.3. The Bertz CT molecular complexity index is 811. The molecule has 1 aliphatic heterocycles. The number of hydrogen-bond acceptors (Lipinski definition) is 5.